The molecule has 0 amide bonds. The smallest absolute Gasteiger partial charge is 0.165 e. The molecule has 24 heavy (non-hydrogen) atoms. The van der Waals surface area contributed by atoms with Crippen LogP contribution >= 0.6 is 0 Å². The number of ether oxygens (including phenoxy) is 2. The minimum atomic E-state index is 0.0590. The third-order valence-electron chi connectivity index (χ3n) is 6.26. The van der Waals surface area contributed by atoms with E-state index in [9.17, 15) is 0 Å². The number of fused-ring (bicyclic) bond motifs is 3. The van der Waals surface area contributed by atoms with Crippen molar-refractivity contribution >= 4 is 0 Å². The molecule has 0 heterocycles. The monoisotopic (exact) mass is 328 g/mol. The Kier molecular flexibility index (Phi) is 4.22. The Hall–Kier alpha value is -1.44. The summed E-state index contributed by atoms with van der Waals surface area (Å²) in [6.45, 7) is 11.6. The Labute approximate surface area is 147 Å². The molecule has 1 aromatic rings. The molecule has 0 bridgehead atoms. The normalized spacial score (nSPS) is 24.9. The fourth-order valence-electron chi connectivity index (χ4n) is 5.19. The molecule has 1 atom stereocenters. The van der Waals surface area contributed by atoms with Crippen LogP contribution in [-0.2, 0) is 11.8 Å². The van der Waals surface area contributed by atoms with Crippen molar-refractivity contribution in [1.29, 1.82) is 0 Å². The summed E-state index contributed by atoms with van der Waals surface area (Å²) in [7, 11) is 3.56. The molecule has 2 heteroatoms. The second-order valence-electron chi connectivity index (χ2n) is 8.61. The van der Waals surface area contributed by atoms with E-state index in [2.05, 4.69) is 46.8 Å². The van der Waals surface area contributed by atoms with Gasteiger partial charge in [-0.2, -0.15) is 0 Å². The Morgan fingerprint density at radius 3 is 2.25 bits per heavy atom. The molecule has 2 aliphatic rings. The lowest BCUT2D eigenvalue weighted by molar-refractivity contribution is 0.246. The van der Waals surface area contributed by atoms with Gasteiger partial charge in [-0.3, -0.25) is 0 Å². The lowest BCUT2D eigenvalue weighted by atomic mass is 9.55. The molecule has 3 rings (SSSR count). The van der Waals surface area contributed by atoms with Gasteiger partial charge in [-0.15, -0.1) is 0 Å². The minimum Gasteiger partial charge on any atom is -0.493 e. The Morgan fingerprint density at radius 1 is 1.00 bits per heavy atom. The fraction of sp³-hybridized carbons (Fsp3) is 0.636. The van der Waals surface area contributed by atoms with Gasteiger partial charge in [0, 0.05) is 16.5 Å². The van der Waals surface area contributed by atoms with Crippen LogP contribution < -0.4 is 9.47 Å². The summed E-state index contributed by atoms with van der Waals surface area (Å²) in [5.41, 5.74) is 5.95. The highest BCUT2D eigenvalue weighted by Crippen LogP contribution is 2.58. The number of hydrogen-bond acceptors (Lipinski definition) is 2. The van der Waals surface area contributed by atoms with Gasteiger partial charge < -0.3 is 9.47 Å². The van der Waals surface area contributed by atoms with Gasteiger partial charge >= 0.3 is 0 Å². The molecule has 0 spiro atoms. The van der Waals surface area contributed by atoms with Gasteiger partial charge in [0.1, 0.15) is 0 Å². The summed E-state index contributed by atoms with van der Waals surface area (Å²) < 4.78 is 11.8. The van der Waals surface area contributed by atoms with Gasteiger partial charge in [0.05, 0.1) is 14.2 Å². The van der Waals surface area contributed by atoms with Crippen LogP contribution in [0.15, 0.2) is 17.7 Å². The third kappa shape index (κ3) is 2.37. The molecule has 2 aliphatic carbocycles. The van der Waals surface area contributed by atoms with Crippen molar-refractivity contribution in [1.82, 2.24) is 0 Å². The summed E-state index contributed by atoms with van der Waals surface area (Å²) in [6.07, 6.45) is 7.22. The summed E-state index contributed by atoms with van der Waals surface area (Å²) in [5, 5.41) is 0. The zero-order chi connectivity index (χ0) is 17.7. The average Bonchev–Trinajstić information content (AvgIpc) is 2.51. The van der Waals surface area contributed by atoms with Crippen molar-refractivity contribution in [2.75, 3.05) is 14.2 Å². The second-order valence-corrected chi connectivity index (χ2v) is 8.61. The first kappa shape index (κ1) is 17.4. The maximum Gasteiger partial charge on any atom is 0.165 e. The molecule has 0 N–H and O–H groups in total. The van der Waals surface area contributed by atoms with E-state index in [1.165, 1.54) is 36.0 Å². The number of allylic oxidation sites excluding steroid dienone is 2. The molecule has 2 nitrogen and oxygen atoms in total. The SMILES string of the molecule is COc1c(C(C)C)cc2c(c1OC)[C@@]1(C)CCCC(C)(C)C1=CC2. The summed E-state index contributed by atoms with van der Waals surface area (Å²) in [4.78, 5) is 0. The molecule has 0 unspecified atom stereocenters. The molecule has 132 valence electrons. The van der Waals surface area contributed by atoms with Gasteiger partial charge in [-0.25, -0.2) is 0 Å². The molecule has 1 fully saturated rings. The zero-order valence-corrected chi connectivity index (χ0v) is 16.4. The Morgan fingerprint density at radius 2 is 1.67 bits per heavy atom. The van der Waals surface area contributed by atoms with Crippen molar-refractivity contribution in [3.63, 3.8) is 0 Å². The van der Waals surface area contributed by atoms with E-state index >= 15 is 0 Å². The highest BCUT2D eigenvalue weighted by Gasteiger charge is 2.47. The molecule has 0 radical (unpaired) electrons. The van der Waals surface area contributed by atoms with Crippen molar-refractivity contribution in [3.8, 4) is 11.5 Å². The van der Waals surface area contributed by atoms with E-state index < -0.39 is 0 Å². The maximum absolute atomic E-state index is 5.96. The van der Waals surface area contributed by atoms with Gasteiger partial charge in [0.15, 0.2) is 11.5 Å². The highest BCUT2D eigenvalue weighted by atomic mass is 16.5. The number of rotatable bonds is 3. The average molecular weight is 328 g/mol. The fourth-order valence-corrected chi connectivity index (χ4v) is 5.19. The number of benzene rings is 1. The molecule has 1 aromatic carbocycles. The standard InChI is InChI=1S/C22H32O2/c1-14(2)16-13-15-9-10-17-21(3,4)11-8-12-22(17,5)18(15)20(24-7)19(16)23-6/h10,13-14H,8-9,11-12H2,1-7H3/t22-/m0/s1. The van der Waals surface area contributed by atoms with Crippen LogP contribution in [0, 0.1) is 5.41 Å². The van der Waals surface area contributed by atoms with Crippen LogP contribution in [0.5, 0.6) is 11.5 Å². The zero-order valence-electron chi connectivity index (χ0n) is 16.4. The molecular formula is C22H32O2. The lowest BCUT2D eigenvalue weighted by Crippen LogP contribution is -2.40. The predicted molar refractivity (Wildman–Crippen MR) is 100 cm³/mol. The van der Waals surface area contributed by atoms with Crippen molar-refractivity contribution in [2.45, 2.75) is 71.6 Å². The Bertz CT molecular complexity index is 682. The largest absolute Gasteiger partial charge is 0.493 e. The number of methoxy groups -OCH3 is 2. The minimum absolute atomic E-state index is 0.0590. The maximum atomic E-state index is 5.96. The van der Waals surface area contributed by atoms with E-state index in [1.54, 1.807) is 19.8 Å². The van der Waals surface area contributed by atoms with Gasteiger partial charge in [0.2, 0.25) is 0 Å². The molecule has 0 aromatic heterocycles. The van der Waals surface area contributed by atoms with Crippen LogP contribution in [0.25, 0.3) is 0 Å². The quantitative estimate of drug-likeness (QED) is 0.655. The van der Waals surface area contributed by atoms with Gasteiger partial charge in [0.25, 0.3) is 0 Å². The predicted octanol–water partition coefficient (Wildman–Crippen LogP) is 5.78. The van der Waals surface area contributed by atoms with E-state index in [1.807, 2.05) is 0 Å². The topological polar surface area (TPSA) is 18.5 Å². The van der Waals surface area contributed by atoms with Crippen LogP contribution in [0.1, 0.15) is 76.5 Å². The molecular weight excluding hydrogens is 296 g/mol. The van der Waals surface area contributed by atoms with Crippen molar-refractivity contribution in [3.05, 3.63) is 34.4 Å². The van der Waals surface area contributed by atoms with Crippen LogP contribution in [0.4, 0.5) is 0 Å². The highest BCUT2D eigenvalue weighted by molar-refractivity contribution is 5.64. The van der Waals surface area contributed by atoms with E-state index in [0.29, 0.717) is 5.92 Å². The summed E-state index contributed by atoms with van der Waals surface area (Å²) in [6, 6.07) is 2.36. The first-order valence-electron chi connectivity index (χ1n) is 9.25. The van der Waals surface area contributed by atoms with Crippen molar-refractivity contribution in [2.24, 2.45) is 5.41 Å². The Balaban J connectivity index is 2.29. The van der Waals surface area contributed by atoms with Crippen LogP contribution in [0.3, 0.4) is 0 Å². The van der Waals surface area contributed by atoms with Gasteiger partial charge in [-0.05, 0) is 36.2 Å². The van der Waals surface area contributed by atoms with Crippen LogP contribution in [0.2, 0.25) is 0 Å². The molecule has 1 saturated carbocycles. The lowest BCUT2D eigenvalue weighted by Gasteiger charge is -2.49. The van der Waals surface area contributed by atoms with Crippen LogP contribution in [-0.4, -0.2) is 14.2 Å². The summed E-state index contributed by atoms with van der Waals surface area (Å²) in [5.74, 6) is 2.31. The van der Waals surface area contributed by atoms with E-state index in [-0.39, 0.29) is 10.8 Å². The third-order valence-corrected chi connectivity index (χ3v) is 6.26. The first-order valence-corrected chi connectivity index (χ1v) is 9.25. The molecule has 0 saturated heterocycles. The first-order chi connectivity index (χ1) is 11.3. The van der Waals surface area contributed by atoms with Gasteiger partial charge in [-0.1, -0.05) is 58.8 Å². The molecule has 0 aliphatic heterocycles. The summed E-state index contributed by atoms with van der Waals surface area (Å²) >= 11 is 0. The van der Waals surface area contributed by atoms with E-state index in [4.69, 9.17) is 9.47 Å². The second kappa shape index (κ2) is 5.82. The van der Waals surface area contributed by atoms with E-state index in [0.717, 1.165) is 17.9 Å². The number of hydrogen-bond donors (Lipinski definition) is 0. The van der Waals surface area contributed by atoms with Crippen molar-refractivity contribution < 1.29 is 9.47 Å².